The number of carbonyl (C=O) groups excluding carboxylic acids is 1. The molecule has 150 valence electrons. The monoisotopic (exact) mass is 399 g/mol. The van der Waals surface area contributed by atoms with E-state index >= 15 is 0 Å². The van der Waals surface area contributed by atoms with E-state index in [9.17, 15) is 4.79 Å². The van der Waals surface area contributed by atoms with Gasteiger partial charge in [-0.15, -0.1) is 11.3 Å². The Labute approximate surface area is 171 Å². The SMILES string of the molecule is CCc1ccc(CN2CCc3c(C(=O)N(C)CC4CCCO4)csc3C2)nc1. The molecule has 4 rings (SSSR count). The molecule has 28 heavy (non-hydrogen) atoms. The average Bonchev–Trinajstić information content (AvgIpc) is 3.37. The molecule has 2 aromatic rings. The normalized spacial score (nSPS) is 19.6. The van der Waals surface area contributed by atoms with Crippen molar-refractivity contribution in [3.8, 4) is 0 Å². The molecule has 6 heteroatoms. The molecule has 2 aliphatic heterocycles. The smallest absolute Gasteiger partial charge is 0.254 e. The molecule has 5 nitrogen and oxygen atoms in total. The van der Waals surface area contributed by atoms with Crippen molar-refractivity contribution in [2.24, 2.45) is 0 Å². The summed E-state index contributed by atoms with van der Waals surface area (Å²) >= 11 is 1.72. The Morgan fingerprint density at radius 1 is 1.43 bits per heavy atom. The van der Waals surface area contributed by atoms with Crippen molar-refractivity contribution in [1.29, 1.82) is 0 Å². The highest BCUT2D eigenvalue weighted by Gasteiger charge is 2.27. The van der Waals surface area contributed by atoms with Gasteiger partial charge in [0, 0.05) is 56.3 Å². The van der Waals surface area contributed by atoms with Gasteiger partial charge >= 0.3 is 0 Å². The molecule has 0 spiro atoms. The van der Waals surface area contributed by atoms with Crippen molar-refractivity contribution in [2.45, 2.75) is 51.8 Å². The highest BCUT2D eigenvalue weighted by Crippen LogP contribution is 2.30. The number of nitrogens with zero attached hydrogens (tertiary/aromatic N) is 3. The number of fused-ring (bicyclic) bond motifs is 1. The Balaban J connectivity index is 1.38. The summed E-state index contributed by atoms with van der Waals surface area (Å²) in [5.41, 5.74) is 4.54. The number of hydrogen-bond acceptors (Lipinski definition) is 5. The van der Waals surface area contributed by atoms with E-state index in [-0.39, 0.29) is 12.0 Å². The van der Waals surface area contributed by atoms with Crippen LogP contribution in [0.5, 0.6) is 0 Å². The van der Waals surface area contributed by atoms with Gasteiger partial charge in [0.2, 0.25) is 0 Å². The molecule has 0 aromatic carbocycles. The summed E-state index contributed by atoms with van der Waals surface area (Å²) in [5.74, 6) is 0.137. The number of carbonyl (C=O) groups is 1. The van der Waals surface area contributed by atoms with Crippen LogP contribution in [0.1, 0.15) is 51.8 Å². The molecular formula is C22H29N3O2S. The highest BCUT2D eigenvalue weighted by molar-refractivity contribution is 7.10. The largest absolute Gasteiger partial charge is 0.376 e. The van der Waals surface area contributed by atoms with Crippen molar-refractivity contribution < 1.29 is 9.53 Å². The van der Waals surface area contributed by atoms with Gasteiger partial charge < -0.3 is 9.64 Å². The molecule has 0 saturated carbocycles. The van der Waals surface area contributed by atoms with Gasteiger partial charge in [0.1, 0.15) is 0 Å². The zero-order valence-corrected chi connectivity index (χ0v) is 17.6. The maximum Gasteiger partial charge on any atom is 0.254 e. The molecule has 1 unspecified atom stereocenters. The number of aromatic nitrogens is 1. The minimum Gasteiger partial charge on any atom is -0.376 e. The Morgan fingerprint density at radius 2 is 2.32 bits per heavy atom. The number of thiophene rings is 1. The molecule has 1 saturated heterocycles. The van der Waals surface area contributed by atoms with E-state index in [1.165, 1.54) is 16.0 Å². The third-order valence-corrected chi connectivity index (χ3v) is 6.80. The van der Waals surface area contributed by atoms with E-state index in [1.807, 2.05) is 18.1 Å². The molecule has 2 aliphatic rings. The van der Waals surface area contributed by atoms with E-state index < -0.39 is 0 Å². The molecule has 0 bridgehead atoms. The quantitative estimate of drug-likeness (QED) is 0.746. The summed E-state index contributed by atoms with van der Waals surface area (Å²) in [4.78, 5) is 23.1. The molecule has 4 heterocycles. The van der Waals surface area contributed by atoms with Crippen molar-refractivity contribution in [1.82, 2.24) is 14.8 Å². The van der Waals surface area contributed by atoms with Crippen molar-refractivity contribution in [2.75, 3.05) is 26.7 Å². The first-order chi connectivity index (χ1) is 13.6. The maximum atomic E-state index is 13.0. The van der Waals surface area contributed by atoms with Gasteiger partial charge in [-0.3, -0.25) is 14.7 Å². The number of amides is 1. The Kier molecular flexibility index (Phi) is 6.09. The topological polar surface area (TPSA) is 45.7 Å². The fourth-order valence-electron chi connectivity index (χ4n) is 4.07. The van der Waals surface area contributed by atoms with Crippen LogP contribution in [0.3, 0.4) is 0 Å². The van der Waals surface area contributed by atoms with Crippen LogP contribution >= 0.6 is 11.3 Å². The van der Waals surface area contributed by atoms with Gasteiger partial charge in [-0.05, 0) is 42.9 Å². The van der Waals surface area contributed by atoms with Crippen LogP contribution in [0.2, 0.25) is 0 Å². The predicted molar refractivity (Wildman–Crippen MR) is 112 cm³/mol. The van der Waals surface area contributed by atoms with E-state index in [0.717, 1.165) is 63.2 Å². The molecule has 0 radical (unpaired) electrons. The van der Waals surface area contributed by atoms with Crippen molar-refractivity contribution in [3.63, 3.8) is 0 Å². The van der Waals surface area contributed by atoms with Gasteiger partial charge in [-0.2, -0.15) is 0 Å². The first-order valence-electron chi connectivity index (χ1n) is 10.3. The molecule has 0 N–H and O–H groups in total. The predicted octanol–water partition coefficient (Wildman–Crippen LogP) is 3.51. The molecule has 1 atom stereocenters. The standard InChI is InChI=1S/C22H29N3O2S/c1-3-16-6-7-17(23-11-16)12-25-9-8-19-20(15-28-21(19)14-25)22(26)24(2)13-18-5-4-10-27-18/h6-7,11,15,18H,3-5,8-10,12-14H2,1-2H3. The summed E-state index contributed by atoms with van der Waals surface area (Å²) in [6, 6.07) is 4.31. The summed E-state index contributed by atoms with van der Waals surface area (Å²) in [7, 11) is 1.90. The van der Waals surface area contributed by atoms with Gasteiger partial charge in [0.25, 0.3) is 5.91 Å². The molecule has 1 amide bonds. The lowest BCUT2D eigenvalue weighted by molar-refractivity contribution is 0.0586. The van der Waals surface area contributed by atoms with E-state index in [4.69, 9.17) is 4.74 Å². The Hall–Kier alpha value is -1.76. The van der Waals surface area contributed by atoms with Crippen molar-refractivity contribution >= 4 is 17.2 Å². The lowest BCUT2D eigenvalue weighted by Gasteiger charge is -2.27. The molecular weight excluding hydrogens is 370 g/mol. The molecule has 2 aromatic heterocycles. The van der Waals surface area contributed by atoms with Crippen LogP contribution in [0.25, 0.3) is 0 Å². The summed E-state index contributed by atoms with van der Waals surface area (Å²) < 4.78 is 5.69. The van der Waals surface area contributed by atoms with Gasteiger partial charge in [-0.25, -0.2) is 0 Å². The Morgan fingerprint density at radius 3 is 3.04 bits per heavy atom. The second-order valence-electron chi connectivity index (χ2n) is 7.84. The van der Waals surface area contributed by atoms with Gasteiger partial charge in [0.15, 0.2) is 0 Å². The fourth-order valence-corrected chi connectivity index (χ4v) is 5.18. The first-order valence-corrected chi connectivity index (χ1v) is 11.1. The van der Waals surface area contributed by atoms with Crippen LogP contribution in [0.15, 0.2) is 23.7 Å². The highest BCUT2D eigenvalue weighted by atomic mass is 32.1. The molecule has 1 fully saturated rings. The lowest BCUT2D eigenvalue weighted by atomic mass is 10.0. The zero-order valence-electron chi connectivity index (χ0n) is 16.8. The first kappa shape index (κ1) is 19.6. The number of ether oxygens (including phenoxy) is 1. The van der Waals surface area contributed by atoms with Crippen LogP contribution in [-0.4, -0.2) is 53.5 Å². The van der Waals surface area contributed by atoms with Crippen molar-refractivity contribution in [3.05, 3.63) is 51.0 Å². The van der Waals surface area contributed by atoms with Crippen LogP contribution in [0.4, 0.5) is 0 Å². The number of pyridine rings is 1. The van der Waals surface area contributed by atoms with Gasteiger partial charge in [-0.1, -0.05) is 13.0 Å². The number of hydrogen-bond donors (Lipinski definition) is 0. The number of likely N-dealkylation sites (N-methyl/N-ethyl adjacent to an activating group) is 1. The van der Waals surface area contributed by atoms with E-state index in [2.05, 4.69) is 34.3 Å². The van der Waals surface area contributed by atoms with E-state index in [1.54, 1.807) is 11.3 Å². The lowest BCUT2D eigenvalue weighted by Crippen LogP contribution is -2.35. The second-order valence-corrected chi connectivity index (χ2v) is 8.81. The summed E-state index contributed by atoms with van der Waals surface area (Å²) in [6.45, 7) is 6.40. The summed E-state index contributed by atoms with van der Waals surface area (Å²) in [5, 5.41) is 2.05. The number of aryl methyl sites for hydroxylation is 1. The minimum atomic E-state index is 0.137. The van der Waals surface area contributed by atoms with Crippen LogP contribution in [-0.2, 0) is 30.7 Å². The second kappa shape index (κ2) is 8.72. The maximum absolute atomic E-state index is 13.0. The fraction of sp³-hybridized carbons (Fsp3) is 0.545. The van der Waals surface area contributed by atoms with E-state index in [0.29, 0.717) is 6.54 Å². The third-order valence-electron chi connectivity index (χ3n) is 5.78. The number of rotatable bonds is 6. The average molecular weight is 400 g/mol. The third kappa shape index (κ3) is 4.29. The molecule has 0 aliphatic carbocycles. The van der Waals surface area contributed by atoms with Crippen LogP contribution in [0, 0.1) is 0 Å². The van der Waals surface area contributed by atoms with Gasteiger partial charge in [0.05, 0.1) is 17.4 Å². The minimum absolute atomic E-state index is 0.137. The zero-order chi connectivity index (χ0) is 19.5. The van der Waals surface area contributed by atoms with Crippen LogP contribution < -0.4 is 0 Å². The Bertz CT molecular complexity index is 812. The summed E-state index contributed by atoms with van der Waals surface area (Å²) in [6.07, 6.45) is 6.30.